The van der Waals surface area contributed by atoms with Crippen LogP contribution < -0.4 is 0 Å². The summed E-state index contributed by atoms with van der Waals surface area (Å²) in [5, 5.41) is 5.21. The lowest BCUT2D eigenvalue weighted by Crippen LogP contribution is -2.15. The van der Waals surface area contributed by atoms with Crippen molar-refractivity contribution in [3.05, 3.63) is 193 Å². The van der Waals surface area contributed by atoms with E-state index in [9.17, 15) is 0 Å². The van der Waals surface area contributed by atoms with Crippen molar-refractivity contribution in [1.82, 2.24) is 0 Å². The Bertz CT molecular complexity index is 2930. The minimum absolute atomic E-state index is 0.139. The van der Waals surface area contributed by atoms with Gasteiger partial charge in [0.15, 0.2) is 0 Å². The molecule has 53 heavy (non-hydrogen) atoms. The molecule has 9 aromatic carbocycles. The molecule has 2 aliphatic rings. The minimum atomic E-state index is -0.139. The molecule has 0 unspecified atom stereocenters. The fraction of sp³-hybridized carbons (Fsp3) is 0.0566. The van der Waals surface area contributed by atoms with Gasteiger partial charge in [-0.3, -0.25) is 0 Å². The average molecular weight is 673 g/mol. The maximum Gasteiger partial charge on any atom is 0.0159 e. The summed E-state index contributed by atoms with van der Waals surface area (Å²) < 4.78 is 0. The number of benzene rings is 9. The third-order valence-corrected chi connectivity index (χ3v) is 12.0. The Kier molecular flexibility index (Phi) is 6.40. The topological polar surface area (TPSA) is 0 Å². The van der Waals surface area contributed by atoms with Crippen molar-refractivity contribution < 1.29 is 0 Å². The van der Waals surface area contributed by atoms with Gasteiger partial charge in [0.05, 0.1) is 0 Å². The molecule has 0 N–H and O–H groups in total. The van der Waals surface area contributed by atoms with E-state index < -0.39 is 0 Å². The smallest absolute Gasteiger partial charge is 0.0159 e. The van der Waals surface area contributed by atoms with Crippen LogP contribution in [0.25, 0.3) is 99.4 Å². The Morgan fingerprint density at radius 2 is 0.792 bits per heavy atom. The molecule has 9 aromatic rings. The van der Waals surface area contributed by atoms with Crippen LogP contribution in [0.4, 0.5) is 0 Å². The van der Waals surface area contributed by atoms with E-state index in [1.54, 1.807) is 0 Å². The lowest BCUT2D eigenvalue weighted by atomic mass is 9.80. The quantitative estimate of drug-likeness (QED) is 0.175. The summed E-state index contributed by atoms with van der Waals surface area (Å²) in [5.41, 5.74) is 20.6. The second-order valence-electron chi connectivity index (χ2n) is 15.3. The Morgan fingerprint density at radius 3 is 1.53 bits per heavy atom. The summed E-state index contributed by atoms with van der Waals surface area (Å²) in [6.07, 6.45) is 0. The number of hydrogen-bond donors (Lipinski definition) is 0. The fourth-order valence-electron chi connectivity index (χ4n) is 9.27. The van der Waals surface area contributed by atoms with E-state index in [1.165, 1.54) is 111 Å². The maximum absolute atomic E-state index is 2.46. The Labute approximate surface area is 310 Å². The van der Waals surface area contributed by atoms with Crippen molar-refractivity contribution in [3.63, 3.8) is 0 Å². The Morgan fingerprint density at radius 1 is 0.283 bits per heavy atom. The van der Waals surface area contributed by atoms with Gasteiger partial charge in [-0.05, 0) is 147 Å². The Balaban J connectivity index is 1.05. The van der Waals surface area contributed by atoms with Crippen LogP contribution in [0.2, 0.25) is 0 Å². The van der Waals surface area contributed by atoms with E-state index in [1.807, 2.05) is 0 Å². The number of fused-ring (bicyclic) bond motifs is 7. The zero-order valence-electron chi connectivity index (χ0n) is 29.8. The molecule has 248 valence electrons. The van der Waals surface area contributed by atoms with Crippen LogP contribution in [0.5, 0.6) is 0 Å². The lowest BCUT2D eigenvalue weighted by molar-refractivity contribution is 0.661. The number of rotatable bonds is 4. The summed E-state index contributed by atoms with van der Waals surface area (Å²) in [7, 11) is 0. The maximum atomic E-state index is 2.46. The molecular weight excluding hydrogens is 637 g/mol. The van der Waals surface area contributed by atoms with Gasteiger partial charge in [0.25, 0.3) is 0 Å². The largest absolute Gasteiger partial charge is 0.0622 e. The lowest BCUT2D eigenvalue weighted by Gasteiger charge is -2.23. The molecule has 0 bridgehead atoms. The highest BCUT2D eigenvalue weighted by Crippen LogP contribution is 2.52. The van der Waals surface area contributed by atoms with Crippen LogP contribution in [0.3, 0.4) is 0 Å². The third-order valence-electron chi connectivity index (χ3n) is 12.0. The van der Waals surface area contributed by atoms with Gasteiger partial charge in [-0.15, -0.1) is 0 Å². The van der Waals surface area contributed by atoms with Crippen molar-refractivity contribution in [1.29, 1.82) is 0 Å². The second kappa shape index (κ2) is 11.2. The normalized spacial score (nSPS) is 13.2. The SMILES string of the molecule is CC1(C)c2cc(-c3cc(-c4ccccc4)cc(-c4ccc5c6c(cccc46)-c4ccccc4-5)c3)ccc2-c2ccc(-c3ccc4ccccc4c3)cc21. The first-order valence-electron chi connectivity index (χ1n) is 18.7. The first kappa shape index (κ1) is 30.2. The van der Waals surface area contributed by atoms with Gasteiger partial charge in [-0.1, -0.05) is 159 Å². The predicted molar refractivity (Wildman–Crippen MR) is 225 cm³/mol. The molecule has 0 aliphatic heterocycles. The van der Waals surface area contributed by atoms with Crippen LogP contribution in [0, 0.1) is 0 Å². The van der Waals surface area contributed by atoms with E-state index in [0.717, 1.165) is 0 Å². The molecule has 0 atom stereocenters. The highest BCUT2D eigenvalue weighted by Gasteiger charge is 2.36. The monoisotopic (exact) mass is 672 g/mol. The van der Waals surface area contributed by atoms with E-state index >= 15 is 0 Å². The van der Waals surface area contributed by atoms with Crippen molar-refractivity contribution in [2.75, 3.05) is 0 Å². The van der Waals surface area contributed by atoms with Gasteiger partial charge in [-0.2, -0.15) is 0 Å². The van der Waals surface area contributed by atoms with Crippen molar-refractivity contribution in [2.24, 2.45) is 0 Å². The summed E-state index contributed by atoms with van der Waals surface area (Å²) in [5.74, 6) is 0. The molecule has 0 heterocycles. The molecule has 0 saturated heterocycles. The molecule has 11 rings (SSSR count). The molecule has 0 heteroatoms. The van der Waals surface area contributed by atoms with E-state index in [4.69, 9.17) is 0 Å². The van der Waals surface area contributed by atoms with Gasteiger partial charge in [-0.25, -0.2) is 0 Å². The summed E-state index contributed by atoms with van der Waals surface area (Å²) in [6.45, 7) is 4.78. The molecule has 0 amide bonds. The van der Waals surface area contributed by atoms with Crippen LogP contribution in [-0.2, 0) is 5.41 Å². The van der Waals surface area contributed by atoms with Crippen molar-refractivity contribution in [3.8, 4) is 77.9 Å². The highest BCUT2D eigenvalue weighted by atomic mass is 14.4. The zero-order valence-corrected chi connectivity index (χ0v) is 29.8. The summed E-state index contributed by atoms with van der Waals surface area (Å²) >= 11 is 0. The van der Waals surface area contributed by atoms with Crippen molar-refractivity contribution >= 4 is 21.5 Å². The first-order chi connectivity index (χ1) is 26.0. The molecule has 0 fully saturated rings. The predicted octanol–water partition coefficient (Wildman–Crippen LogP) is 14.6. The standard InChI is InChI=1S/C53H36/c1-53(2)50-31-37(36-20-19-34-13-6-7-14-35(34)27-36)21-23-45(50)46-24-22-38(32-51(46)53)40-28-39(33-11-4-3-5-12-33)29-41(30-40)42-25-26-49-44-16-9-8-15-43(44)48-18-10-17-47(42)52(48)49/h3-32H,1-2H3. The molecule has 0 aromatic heterocycles. The second-order valence-corrected chi connectivity index (χ2v) is 15.3. The molecule has 2 aliphatic carbocycles. The molecule has 0 nitrogen and oxygen atoms in total. The molecule has 0 radical (unpaired) electrons. The van der Waals surface area contributed by atoms with Gasteiger partial charge >= 0.3 is 0 Å². The molecular formula is C53H36. The van der Waals surface area contributed by atoms with Gasteiger partial charge in [0, 0.05) is 5.41 Å². The van der Waals surface area contributed by atoms with Gasteiger partial charge < -0.3 is 0 Å². The summed E-state index contributed by atoms with van der Waals surface area (Å²) in [4.78, 5) is 0. The Hall–Kier alpha value is -6.50. The average Bonchev–Trinajstić information content (AvgIpc) is 3.66. The minimum Gasteiger partial charge on any atom is -0.0622 e. The summed E-state index contributed by atoms with van der Waals surface area (Å²) in [6, 6.07) is 68.0. The fourth-order valence-corrected chi connectivity index (χ4v) is 9.27. The van der Waals surface area contributed by atoms with E-state index in [0.29, 0.717) is 0 Å². The van der Waals surface area contributed by atoms with Crippen molar-refractivity contribution in [2.45, 2.75) is 19.3 Å². The highest BCUT2D eigenvalue weighted by molar-refractivity contribution is 6.18. The van der Waals surface area contributed by atoms with Crippen LogP contribution in [0.1, 0.15) is 25.0 Å². The zero-order chi connectivity index (χ0) is 35.3. The van der Waals surface area contributed by atoms with Gasteiger partial charge in [0.2, 0.25) is 0 Å². The van der Waals surface area contributed by atoms with E-state index in [-0.39, 0.29) is 5.41 Å². The molecule has 0 saturated carbocycles. The van der Waals surface area contributed by atoms with Crippen LogP contribution in [-0.4, -0.2) is 0 Å². The van der Waals surface area contributed by atoms with E-state index in [2.05, 4.69) is 196 Å². The van der Waals surface area contributed by atoms with Gasteiger partial charge in [0.1, 0.15) is 0 Å². The first-order valence-corrected chi connectivity index (χ1v) is 18.7. The number of hydrogen-bond acceptors (Lipinski definition) is 0. The van der Waals surface area contributed by atoms with Crippen LogP contribution in [0.15, 0.2) is 182 Å². The van der Waals surface area contributed by atoms with Crippen LogP contribution >= 0.6 is 0 Å². The third kappa shape index (κ3) is 4.55. The molecule has 0 spiro atoms.